The molecule has 0 aliphatic heterocycles. The van der Waals surface area contributed by atoms with Gasteiger partial charge in [0.15, 0.2) is 0 Å². The van der Waals surface area contributed by atoms with E-state index in [9.17, 15) is 10.2 Å². The highest BCUT2D eigenvalue weighted by molar-refractivity contribution is 5.42. The highest BCUT2D eigenvalue weighted by atomic mass is 16.3. The number of rotatable bonds is 3. The van der Waals surface area contributed by atoms with Crippen molar-refractivity contribution in [1.29, 1.82) is 0 Å². The number of phenolic OH excluding ortho intramolecular Hbond substituents is 2. The fourth-order valence-corrected chi connectivity index (χ4v) is 1.85. The highest BCUT2D eigenvalue weighted by Gasteiger charge is 2.22. The van der Waals surface area contributed by atoms with Gasteiger partial charge in [0.25, 0.3) is 0 Å². The Hall–Kier alpha value is -1.18. The van der Waals surface area contributed by atoms with Crippen LogP contribution in [0, 0.1) is 0 Å². The van der Waals surface area contributed by atoms with Crippen molar-refractivity contribution in [3.8, 4) is 11.5 Å². The molecular formula is C12H18O2. The van der Waals surface area contributed by atoms with E-state index in [2.05, 4.69) is 20.8 Å². The maximum Gasteiger partial charge on any atom is 0.122 e. The number of phenols is 2. The summed E-state index contributed by atoms with van der Waals surface area (Å²) in [7, 11) is 0. The molecule has 0 aromatic heterocycles. The van der Waals surface area contributed by atoms with Crippen LogP contribution in [0.3, 0.4) is 0 Å². The number of benzene rings is 1. The average Bonchev–Trinajstić information content (AvgIpc) is 2.02. The summed E-state index contributed by atoms with van der Waals surface area (Å²) in [5.41, 5.74) is 0.865. The second-order valence-corrected chi connectivity index (χ2v) is 4.34. The molecule has 0 radical (unpaired) electrons. The topological polar surface area (TPSA) is 40.5 Å². The quantitative estimate of drug-likeness (QED) is 0.775. The average molecular weight is 194 g/mol. The molecule has 2 heteroatoms. The van der Waals surface area contributed by atoms with Gasteiger partial charge < -0.3 is 10.2 Å². The monoisotopic (exact) mass is 194 g/mol. The van der Waals surface area contributed by atoms with Crippen molar-refractivity contribution in [2.45, 2.75) is 39.0 Å². The second kappa shape index (κ2) is 3.91. The van der Waals surface area contributed by atoms with Crippen molar-refractivity contribution < 1.29 is 10.2 Å². The molecule has 78 valence electrons. The molecule has 0 heterocycles. The summed E-state index contributed by atoms with van der Waals surface area (Å²) in [5.74, 6) is 0.294. The molecule has 2 nitrogen and oxygen atoms in total. The lowest BCUT2D eigenvalue weighted by atomic mass is 9.80. The maximum atomic E-state index is 9.69. The van der Waals surface area contributed by atoms with Gasteiger partial charge in [0.1, 0.15) is 11.5 Å². The SMILES string of the molecule is CCCC(C)(C)c1ccc(O)cc1O. The van der Waals surface area contributed by atoms with Crippen LogP contribution < -0.4 is 0 Å². The van der Waals surface area contributed by atoms with Crippen LogP contribution in [0.4, 0.5) is 0 Å². The molecule has 14 heavy (non-hydrogen) atoms. The molecule has 0 saturated heterocycles. The third kappa shape index (κ3) is 2.19. The minimum absolute atomic E-state index is 0.0352. The molecule has 0 spiro atoms. The van der Waals surface area contributed by atoms with Crippen LogP contribution in [0.5, 0.6) is 11.5 Å². The van der Waals surface area contributed by atoms with E-state index in [1.807, 2.05) is 0 Å². The molecule has 0 amide bonds. The van der Waals surface area contributed by atoms with E-state index >= 15 is 0 Å². The third-order valence-corrected chi connectivity index (χ3v) is 2.59. The Morgan fingerprint density at radius 3 is 2.36 bits per heavy atom. The summed E-state index contributed by atoms with van der Waals surface area (Å²) in [4.78, 5) is 0. The van der Waals surface area contributed by atoms with Crippen LogP contribution >= 0.6 is 0 Å². The third-order valence-electron chi connectivity index (χ3n) is 2.59. The zero-order valence-corrected chi connectivity index (χ0v) is 9.04. The molecule has 0 aliphatic rings. The predicted molar refractivity (Wildman–Crippen MR) is 57.7 cm³/mol. The Morgan fingerprint density at radius 1 is 1.21 bits per heavy atom. The number of hydrogen-bond donors (Lipinski definition) is 2. The summed E-state index contributed by atoms with van der Waals surface area (Å²) in [6, 6.07) is 4.81. The highest BCUT2D eigenvalue weighted by Crippen LogP contribution is 2.36. The van der Waals surface area contributed by atoms with E-state index in [4.69, 9.17) is 0 Å². The molecule has 0 atom stereocenters. The Morgan fingerprint density at radius 2 is 1.86 bits per heavy atom. The molecule has 0 fully saturated rings. The van der Waals surface area contributed by atoms with Gasteiger partial charge >= 0.3 is 0 Å². The first kappa shape index (κ1) is 10.9. The van der Waals surface area contributed by atoms with Crippen LogP contribution in [0.2, 0.25) is 0 Å². The van der Waals surface area contributed by atoms with Crippen LogP contribution in [0.25, 0.3) is 0 Å². The van der Waals surface area contributed by atoms with Gasteiger partial charge in [-0.15, -0.1) is 0 Å². The van der Waals surface area contributed by atoms with Gasteiger partial charge in [0, 0.05) is 6.07 Å². The molecule has 1 rings (SSSR count). The van der Waals surface area contributed by atoms with Crippen molar-refractivity contribution in [2.75, 3.05) is 0 Å². The predicted octanol–water partition coefficient (Wildman–Crippen LogP) is 3.18. The first-order valence-electron chi connectivity index (χ1n) is 5.00. The lowest BCUT2D eigenvalue weighted by Gasteiger charge is -2.25. The molecule has 0 unspecified atom stereocenters. The zero-order valence-electron chi connectivity index (χ0n) is 9.04. The summed E-state index contributed by atoms with van der Waals surface area (Å²) >= 11 is 0. The molecular weight excluding hydrogens is 176 g/mol. The van der Waals surface area contributed by atoms with Gasteiger partial charge in [0.05, 0.1) is 0 Å². The number of aromatic hydroxyl groups is 2. The van der Waals surface area contributed by atoms with Crippen molar-refractivity contribution in [3.63, 3.8) is 0 Å². The minimum Gasteiger partial charge on any atom is -0.508 e. The minimum atomic E-state index is -0.0352. The lowest BCUT2D eigenvalue weighted by molar-refractivity contribution is 0.409. The summed E-state index contributed by atoms with van der Waals surface area (Å²) in [6.07, 6.45) is 2.10. The van der Waals surface area contributed by atoms with Crippen molar-refractivity contribution in [2.24, 2.45) is 0 Å². The van der Waals surface area contributed by atoms with Crippen LogP contribution in [0.15, 0.2) is 18.2 Å². The van der Waals surface area contributed by atoms with Crippen LogP contribution in [-0.4, -0.2) is 10.2 Å². The van der Waals surface area contributed by atoms with Gasteiger partial charge in [-0.05, 0) is 23.5 Å². The summed E-state index contributed by atoms with van der Waals surface area (Å²) < 4.78 is 0. The van der Waals surface area contributed by atoms with Crippen LogP contribution in [0.1, 0.15) is 39.2 Å². The first-order chi connectivity index (χ1) is 6.47. The lowest BCUT2D eigenvalue weighted by Crippen LogP contribution is -2.16. The molecule has 1 aromatic carbocycles. The summed E-state index contributed by atoms with van der Waals surface area (Å²) in [6.45, 7) is 6.32. The smallest absolute Gasteiger partial charge is 0.122 e. The fourth-order valence-electron chi connectivity index (χ4n) is 1.85. The Bertz CT molecular complexity index is 316. The summed E-state index contributed by atoms with van der Waals surface area (Å²) in [5, 5.41) is 18.9. The van der Waals surface area contributed by atoms with Crippen molar-refractivity contribution in [3.05, 3.63) is 23.8 Å². The molecule has 0 saturated carbocycles. The van der Waals surface area contributed by atoms with Gasteiger partial charge in [-0.3, -0.25) is 0 Å². The van der Waals surface area contributed by atoms with Gasteiger partial charge in [-0.1, -0.05) is 33.3 Å². The van der Waals surface area contributed by atoms with E-state index < -0.39 is 0 Å². The maximum absolute atomic E-state index is 9.69. The van der Waals surface area contributed by atoms with E-state index in [0.717, 1.165) is 18.4 Å². The van der Waals surface area contributed by atoms with Crippen LogP contribution in [-0.2, 0) is 5.41 Å². The fraction of sp³-hybridized carbons (Fsp3) is 0.500. The largest absolute Gasteiger partial charge is 0.508 e. The Balaban J connectivity index is 3.06. The van der Waals surface area contributed by atoms with Crippen molar-refractivity contribution in [1.82, 2.24) is 0 Å². The van der Waals surface area contributed by atoms with Gasteiger partial charge in [-0.2, -0.15) is 0 Å². The van der Waals surface area contributed by atoms with E-state index in [1.165, 1.54) is 6.07 Å². The number of hydrogen-bond acceptors (Lipinski definition) is 2. The second-order valence-electron chi connectivity index (χ2n) is 4.34. The van der Waals surface area contributed by atoms with Crippen molar-refractivity contribution >= 4 is 0 Å². The molecule has 2 N–H and O–H groups in total. The molecule has 0 bridgehead atoms. The standard InChI is InChI=1S/C12H18O2/c1-4-7-12(2,3)10-6-5-9(13)8-11(10)14/h5-6,8,13-14H,4,7H2,1-3H3. The van der Waals surface area contributed by atoms with E-state index in [-0.39, 0.29) is 16.9 Å². The first-order valence-corrected chi connectivity index (χ1v) is 5.00. The zero-order chi connectivity index (χ0) is 10.8. The molecule has 1 aromatic rings. The van der Waals surface area contributed by atoms with Gasteiger partial charge in [0.2, 0.25) is 0 Å². The van der Waals surface area contributed by atoms with E-state index in [0.29, 0.717) is 0 Å². The van der Waals surface area contributed by atoms with E-state index in [1.54, 1.807) is 12.1 Å². The Labute approximate surface area is 85.2 Å². The van der Waals surface area contributed by atoms with Gasteiger partial charge in [-0.25, -0.2) is 0 Å². The normalized spacial score (nSPS) is 11.6. The molecule has 0 aliphatic carbocycles. The Kier molecular flexibility index (Phi) is 3.04.